The van der Waals surface area contributed by atoms with Crippen molar-refractivity contribution in [1.29, 1.82) is 0 Å². The van der Waals surface area contributed by atoms with Gasteiger partial charge in [-0.15, -0.1) is 0 Å². The lowest BCUT2D eigenvalue weighted by molar-refractivity contribution is 0.371. The quantitative estimate of drug-likeness (QED) is 0.634. The van der Waals surface area contributed by atoms with Crippen LogP contribution >= 0.6 is 23.2 Å². The van der Waals surface area contributed by atoms with Gasteiger partial charge in [-0.1, -0.05) is 56.8 Å². The second-order valence-corrected chi connectivity index (χ2v) is 6.00. The summed E-state index contributed by atoms with van der Waals surface area (Å²) in [6, 6.07) is 6.20. The fourth-order valence-corrected chi connectivity index (χ4v) is 2.93. The first kappa shape index (κ1) is 16.8. The van der Waals surface area contributed by atoms with Crippen LogP contribution in [0.5, 0.6) is 0 Å². The van der Waals surface area contributed by atoms with Crippen LogP contribution in [0.1, 0.15) is 58.1 Å². The first-order valence-corrected chi connectivity index (χ1v) is 8.05. The lowest BCUT2D eigenvalue weighted by Crippen LogP contribution is -2.24. The standard InChI is InChI=1S/C16H25Cl2N/c1-4-7-19-16(8-12(5-2)6-3)13-9-14(17)11-15(18)10-13/h9-12,16,19H,4-8H2,1-3H3. The van der Waals surface area contributed by atoms with Crippen molar-refractivity contribution < 1.29 is 0 Å². The van der Waals surface area contributed by atoms with Crippen molar-refractivity contribution in [3.8, 4) is 0 Å². The molecule has 0 fully saturated rings. The number of benzene rings is 1. The maximum atomic E-state index is 6.12. The SMILES string of the molecule is CCCNC(CC(CC)CC)c1cc(Cl)cc(Cl)c1. The number of nitrogens with one attached hydrogen (secondary N) is 1. The third-order valence-electron chi connectivity index (χ3n) is 3.65. The van der Waals surface area contributed by atoms with Gasteiger partial charge in [0.1, 0.15) is 0 Å². The van der Waals surface area contributed by atoms with Gasteiger partial charge in [-0.25, -0.2) is 0 Å². The van der Waals surface area contributed by atoms with Crippen LogP contribution in [-0.2, 0) is 0 Å². The summed E-state index contributed by atoms with van der Waals surface area (Å²) in [7, 11) is 0. The highest BCUT2D eigenvalue weighted by molar-refractivity contribution is 6.34. The molecule has 0 aliphatic rings. The zero-order valence-electron chi connectivity index (χ0n) is 12.2. The van der Waals surface area contributed by atoms with Gasteiger partial charge >= 0.3 is 0 Å². The van der Waals surface area contributed by atoms with Crippen LogP contribution in [0.4, 0.5) is 0 Å². The topological polar surface area (TPSA) is 12.0 Å². The van der Waals surface area contributed by atoms with Gasteiger partial charge in [-0.2, -0.15) is 0 Å². The molecule has 1 nitrogen and oxygen atoms in total. The molecule has 0 bridgehead atoms. The third-order valence-corrected chi connectivity index (χ3v) is 4.09. The Hall–Kier alpha value is -0.240. The monoisotopic (exact) mass is 301 g/mol. The zero-order valence-corrected chi connectivity index (χ0v) is 13.7. The number of hydrogen-bond acceptors (Lipinski definition) is 1. The van der Waals surface area contributed by atoms with Gasteiger partial charge in [-0.3, -0.25) is 0 Å². The molecule has 0 saturated heterocycles. The summed E-state index contributed by atoms with van der Waals surface area (Å²) >= 11 is 12.2. The summed E-state index contributed by atoms with van der Waals surface area (Å²) in [6.07, 6.45) is 4.71. The van der Waals surface area contributed by atoms with Gasteiger partial charge in [0.25, 0.3) is 0 Å². The summed E-state index contributed by atoms with van der Waals surface area (Å²) in [5.41, 5.74) is 1.21. The molecule has 1 aromatic carbocycles. The zero-order chi connectivity index (χ0) is 14.3. The minimum absolute atomic E-state index is 0.348. The molecule has 0 saturated carbocycles. The third kappa shape index (κ3) is 5.72. The number of hydrogen-bond donors (Lipinski definition) is 1. The predicted molar refractivity (Wildman–Crippen MR) is 86.2 cm³/mol. The Morgan fingerprint density at radius 3 is 2.05 bits per heavy atom. The highest BCUT2D eigenvalue weighted by Crippen LogP contribution is 2.29. The van der Waals surface area contributed by atoms with Crippen molar-refractivity contribution in [3.63, 3.8) is 0 Å². The van der Waals surface area contributed by atoms with E-state index in [0.717, 1.165) is 35.3 Å². The second-order valence-electron chi connectivity index (χ2n) is 5.13. The Balaban J connectivity index is 2.87. The highest BCUT2D eigenvalue weighted by Gasteiger charge is 2.16. The molecule has 1 rings (SSSR count). The van der Waals surface area contributed by atoms with Crippen molar-refractivity contribution >= 4 is 23.2 Å². The average Bonchev–Trinajstić information content (AvgIpc) is 2.38. The molecule has 0 aliphatic carbocycles. The van der Waals surface area contributed by atoms with E-state index in [1.165, 1.54) is 18.4 Å². The van der Waals surface area contributed by atoms with Crippen LogP contribution in [-0.4, -0.2) is 6.54 Å². The van der Waals surface area contributed by atoms with E-state index in [9.17, 15) is 0 Å². The normalized spacial score (nSPS) is 12.9. The van der Waals surface area contributed by atoms with E-state index < -0.39 is 0 Å². The Kier molecular flexibility index (Phi) is 7.82. The molecule has 0 aromatic heterocycles. The fourth-order valence-electron chi connectivity index (χ4n) is 2.39. The van der Waals surface area contributed by atoms with Crippen LogP contribution in [0.3, 0.4) is 0 Å². The number of rotatable bonds is 8. The average molecular weight is 302 g/mol. The maximum Gasteiger partial charge on any atom is 0.0424 e. The van der Waals surface area contributed by atoms with E-state index in [2.05, 4.69) is 26.1 Å². The van der Waals surface area contributed by atoms with Crippen LogP contribution in [0.2, 0.25) is 10.0 Å². The van der Waals surface area contributed by atoms with Gasteiger partial charge in [-0.05, 0) is 49.1 Å². The smallest absolute Gasteiger partial charge is 0.0424 e. The number of halogens is 2. The van der Waals surface area contributed by atoms with E-state index in [1.54, 1.807) is 6.07 Å². The first-order chi connectivity index (χ1) is 9.10. The summed E-state index contributed by atoms with van der Waals surface area (Å²) in [5.74, 6) is 0.743. The molecule has 0 aliphatic heterocycles. The minimum atomic E-state index is 0.348. The van der Waals surface area contributed by atoms with E-state index in [0.29, 0.717) is 6.04 Å². The van der Waals surface area contributed by atoms with Gasteiger partial charge in [0, 0.05) is 16.1 Å². The summed E-state index contributed by atoms with van der Waals surface area (Å²) in [5, 5.41) is 5.06. The van der Waals surface area contributed by atoms with E-state index in [-0.39, 0.29) is 0 Å². The summed E-state index contributed by atoms with van der Waals surface area (Å²) < 4.78 is 0. The van der Waals surface area contributed by atoms with E-state index >= 15 is 0 Å². The molecule has 108 valence electrons. The molecular formula is C16H25Cl2N. The molecule has 1 N–H and O–H groups in total. The van der Waals surface area contributed by atoms with Gasteiger partial charge in [0.15, 0.2) is 0 Å². The Labute approximate surface area is 127 Å². The lowest BCUT2D eigenvalue weighted by atomic mass is 9.91. The lowest BCUT2D eigenvalue weighted by Gasteiger charge is -2.24. The Morgan fingerprint density at radius 2 is 1.58 bits per heavy atom. The van der Waals surface area contributed by atoms with Crippen molar-refractivity contribution in [2.45, 2.75) is 52.5 Å². The molecular weight excluding hydrogens is 277 g/mol. The van der Waals surface area contributed by atoms with Crippen molar-refractivity contribution in [1.82, 2.24) is 5.32 Å². The maximum absolute atomic E-state index is 6.12. The largest absolute Gasteiger partial charge is 0.310 e. The minimum Gasteiger partial charge on any atom is -0.310 e. The molecule has 19 heavy (non-hydrogen) atoms. The summed E-state index contributed by atoms with van der Waals surface area (Å²) in [6.45, 7) is 7.73. The first-order valence-electron chi connectivity index (χ1n) is 7.30. The molecule has 0 amide bonds. The molecule has 1 unspecified atom stereocenters. The molecule has 0 spiro atoms. The van der Waals surface area contributed by atoms with Crippen LogP contribution in [0.25, 0.3) is 0 Å². The van der Waals surface area contributed by atoms with Gasteiger partial charge < -0.3 is 5.32 Å². The Bertz CT molecular complexity index is 355. The van der Waals surface area contributed by atoms with Crippen LogP contribution in [0, 0.1) is 5.92 Å². The van der Waals surface area contributed by atoms with Crippen molar-refractivity contribution in [3.05, 3.63) is 33.8 Å². The molecule has 1 atom stereocenters. The fraction of sp³-hybridized carbons (Fsp3) is 0.625. The van der Waals surface area contributed by atoms with E-state index in [4.69, 9.17) is 23.2 Å². The van der Waals surface area contributed by atoms with Gasteiger partial charge in [0.2, 0.25) is 0 Å². The van der Waals surface area contributed by atoms with Gasteiger partial charge in [0.05, 0.1) is 0 Å². The Morgan fingerprint density at radius 1 is 1.00 bits per heavy atom. The predicted octanol–water partition coefficient (Wildman–Crippen LogP) is 5.86. The van der Waals surface area contributed by atoms with Crippen LogP contribution in [0.15, 0.2) is 18.2 Å². The van der Waals surface area contributed by atoms with Crippen molar-refractivity contribution in [2.24, 2.45) is 5.92 Å². The summed E-state index contributed by atoms with van der Waals surface area (Å²) in [4.78, 5) is 0. The molecule has 1 aromatic rings. The second kappa shape index (κ2) is 8.84. The molecule has 0 radical (unpaired) electrons. The molecule has 3 heteroatoms. The van der Waals surface area contributed by atoms with E-state index in [1.807, 2.05) is 12.1 Å². The highest BCUT2D eigenvalue weighted by atomic mass is 35.5. The van der Waals surface area contributed by atoms with Crippen molar-refractivity contribution in [2.75, 3.05) is 6.54 Å². The molecule has 0 heterocycles. The van der Waals surface area contributed by atoms with Crippen LogP contribution < -0.4 is 5.32 Å².